The van der Waals surface area contributed by atoms with E-state index in [-0.39, 0.29) is 34.5 Å². The Bertz CT molecular complexity index is 1080. The summed E-state index contributed by atoms with van der Waals surface area (Å²) in [5.41, 5.74) is 12.7. The number of anilines is 3. The number of guanidine groups is 1. The van der Waals surface area contributed by atoms with Crippen LogP contribution in [-0.2, 0) is 0 Å². The molecular formula is C15H10IN9O2. The maximum atomic E-state index is 11.3. The minimum absolute atomic E-state index is 0.00659. The number of nitrogens with zero attached hydrogens (tertiary/aromatic N) is 5. The molecule has 0 fully saturated rings. The fourth-order valence-corrected chi connectivity index (χ4v) is 3.55. The van der Waals surface area contributed by atoms with Crippen molar-refractivity contribution in [3.63, 3.8) is 0 Å². The van der Waals surface area contributed by atoms with Crippen LogP contribution in [0.1, 0.15) is 22.7 Å². The lowest BCUT2D eigenvalue weighted by Crippen LogP contribution is -2.33. The van der Waals surface area contributed by atoms with E-state index in [1.54, 1.807) is 12.3 Å². The molecule has 0 saturated heterocycles. The van der Waals surface area contributed by atoms with Crippen LogP contribution in [0.2, 0.25) is 0 Å². The smallest absolute Gasteiger partial charge is 0.283 e. The van der Waals surface area contributed by atoms with E-state index in [9.17, 15) is 15.4 Å². The first kappa shape index (κ1) is 18.2. The molecule has 1 aromatic carbocycles. The summed E-state index contributed by atoms with van der Waals surface area (Å²) in [5.74, 6) is 0.212. The van der Waals surface area contributed by atoms with Crippen molar-refractivity contribution >= 4 is 51.6 Å². The number of nitriles is 2. The summed E-state index contributed by atoms with van der Waals surface area (Å²) in [7, 11) is 0. The van der Waals surface area contributed by atoms with E-state index < -0.39 is 11.0 Å². The molecule has 0 saturated carbocycles. The van der Waals surface area contributed by atoms with Crippen molar-refractivity contribution in [2.45, 2.75) is 6.04 Å². The molecule has 27 heavy (non-hydrogen) atoms. The Morgan fingerprint density at radius 2 is 2.11 bits per heavy atom. The number of hydrogen-bond acceptors (Lipinski definition) is 10. The Kier molecular flexibility index (Phi) is 4.66. The van der Waals surface area contributed by atoms with Crippen LogP contribution in [0.3, 0.4) is 0 Å². The highest BCUT2D eigenvalue weighted by atomic mass is 127. The maximum absolute atomic E-state index is 11.3. The summed E-state index contributed by atoms with van der Waals surface area (Å²) in [4.78, 5) is 19.3. The molecule has 11 nitrogen and oxygen atoms in total. The van der Waals surface area contributed by atoms with Gasteiger partial charge in [-0.2, -0.15) is 10.5 Å². The minimum Gasteiger partial charge on any atom is -0.397 e. The Labute approximate surface area is 166 Å². The number of nitrogen functional groups attached to an aromatic ring is 2. The molecule has 1 unspecified atom stereocenters. The number of benzene rings is 1. The first-order valence-corrected chi connectivity index (χ1v) is 8.38. The van der Waals surface area contributed by atoms with Gasteiger partial charge in [0.15, 0.2) is 6.19 Å². The molecule has 2 heterocycles. The number of rotatable bonds is 2. The van der Waals surface area contributed by atoms with E-state index in [4.69, 9.17) is 16.7 Å². The van der Waals surface area contributed by atoms with Gasteiger partial charge in [-0.05, 0) is 22.6 Å². The fraction of sp³-hybridized carbons (Fsp3) is 0.0667. The second-order valence-corrected chi connectivity index (χ2v) is 6.42. The highest BCUT2D eigenvalue weighted by Crippen LogP contribution is 2.42. The Balaban J connectivity index is 2.31. The molecular weight excluding hydrogens is 465 g/mol. The number of nitrogens with two attached hydrogens (primary N) is 2. The predicted molar refractivity (Wildman–Crippen MR) is 105 cm³/mol. The van der Waals surface area contributed by atoms with Crippen LogP contribution in [0.25, 0.3) is 0 Å². The zero-order valence-electron chi connectivity index (χ0n) is 13.4. The van der Waals surface area contributed by atoms with E-state index in [2.05, 4.69) is 20.6 Å². The lowest BCUT2D eigenvalue weighted by atomic mass is 9.95. The van der Waals surface area contributed by atoms with Crippen molar-refractivity contribution in [1.29, 1.82) is 10.5 Å². The van der Waals surface area contributed by atoms with Gasteiger partial charge < -0.3 is 16.8 Å². The van der Waals surface area contributed by atoms with Crippen LogP contribution >= 0.6 is 22.6 Å². The highest BCUT2D eigenvalue weighted by Gasteiger charge is 2.32. The average molecular weight is 475 g/mol. The van der Waals surface area contributed by atoms with Gasteiger partial charge in [-0.15, -0.1) is 0 Å². The molecule has 0 radical (unpaired) electrons. The number of nitro groups is 1. The summed E-state index contributed by atoms with van der Waals surface area (Å²) in [6.07, 6.45) is 1.74. The van der Waals surface area contributed by atoms with Gasteiger partial charge in [0.05, 0.1) is 14.2 Å². The monoisotopic (exact) mass is 475 g/mol. The molecule has 1 aliphatic rings. The van der Waals surface area contributed by atoms with Crippen LogP contribution < -0.4 is 22.1 Å². The summed E-state index contributed by atoms with van der Waals surface area (Å²) in [5, 5.41) is 34.7. The molecule has 1 aliphatic heterocycles. The topological polar surface area (TPSA) is 192 Å². The normalized spacial score (nSPS) is 14.8. The van der Waals surface area contributed by atoms with E-state index in [0.717, 1.165) is 0 Å². The van der Waals surface area contributed by atoms with Gasteiger partial charge in [0.25, 0.3) is 5.69 Å². The van der Waals surface area contributed by atoms with Crippen molar-refractivity contribution in [2.24, 2.45) is 4.99 Å². The number of aromatic nitrogens is 1. The predicted octanol–water partition coefficient (Wildman–Crippen LogP) is 1.57. The lowest BCUT2D eigenvalue weighted by molar-refractivity contribution is -0.385. The summed E-state index contributed by atoms with van der Waals surface area (Å²) < 4.78 is 0.354. The number of pyridine rings is 1. The minimum atomic E-state index is -0.830. The third-order valence-corrected chi connectivity index (χ3v) is 5.03. The zero-order valence-corrected chi connectivity index (χ0v) is 15.6. The van der Waals surface area contributed by atoms with Gasteiger partial charge in [0.1, 0.15) is 29.3 Å². The van der Waals surface area contributed by atoms with Crippen LogP contribution in [-0.4, -0.2) is 15.9 Å². The maximum Gasteiger partial charge on any atom is 0.283 e. The van der Waals surface area contributed by atoms with Crippen LogP contribution in [0.4, 0.5) is 23.0 Å². The first-order chi connectivity index (χ1) is 12.9. The molecule has 1 aromatic heterocycles. The van der Waals surface area contributed by atoms with Gasteiger partial charge in [0, 0.05) is 17.2 Å². The standard InChI is InChI=1S/C15H10IN9O2/c16-10-6(2-1-3-8(10)25(26)27)12-9-11(19)7(4-17)13(20)23-14(9)24-15(22-12)21-5-18/h1-3,12H,(H6,19,20,21,22,23,24). The third-order valence-electron chi connectivity index (χ3n) is 3.86. The molecule has 0 aliphatic carbocycles. The Hall–Kier alpha value is -3.65. The third kappa shape index (κ3) is 3.02. The number of fused-ring (bicyclic) bond motifs is 1. The van der Waals surface area contributed by atoms with Crippen LogP contribution in [0.15, 0.2) is 23.2 Å². The SMILES string of the molecule is N#CNC1=NC(c2cccc([N+](=O)[O-])c2I)c2c(nc(N)c(C#N)c2N)N1. The zero-order chi connectivity index (χ0) is 19.7. The molecule has 1 atom stereocenters. The second kappa shape index (κ2) is 6.93. The van der Waals surface area contributed by atoms with Crippen LogP contribution in [0, 0.1) is 36.5 Å². The molecule has 134 valence electrons. The average Bonchev–Trinajstić information content (AvgIpc) is 2.61. The second-order valence-electron chi connectivity index (χ2n) is 5.34. The van der Waals surface area contributed by atoms with Crippen molar-refractivity contribution in [2.75, 3.05) is 16.8 Å². The summed E-state index contributed by atoms with van der Waals surface area (Å²) >= 11 is 1.85. The van der Waals surface area contributed by atoms with E-state index in [0.29, 0.717) is 14.7 Å². The Morgan fingerprint density at radius 3 is 2.74 bits per heavy atom. The number of halogens is 1. The number of hydrogen-bond donors (Lipinski definition) is 4. The molecule has 12 heteroatoms. The quantitative estimate of drug-likeness (QED) is 0.164. The van der Waals surface area contributed by atoms with E-state index >= 15 is 0 Å². The van der Waals surface area contributed by atoms with Gasteiger partial charge >= 0.3 is 0 Å². The lowest BCUT2D eigenvalue weighted by Gasteiger charge is -2.26. The molecule has 6 N–H and O–H groups in total. The molecule has 0 bridgehead atoms. The largest absolute Gasteiger partial charge is 0.397 e. The van der Waals surface area contributed by atoms with E-state index in [1.807, 2.05) is 28.7 Å². The highest BCUT2D eigenvalue weighted by molar-refractivity contribution is 14.1. The Morgan fingerprint density at radius 1 is 1.37 bits per heavy atom. The first-order valence-electron chi connectivity index (χ1n) is 7.30. The summed E-state index contributed by atoms with van der Waals surface area (Å²) in [6, 6.07) is 5.62. The molecule has 2 aromatic rings. The molecule has 0 amide bonds. The van der Waals surface area contributed by atoms with Crippen LogP contribution in [0.5, 0.6) is 0 Å². The van der Waals surface area contributed by atoms with E-state index in [1.165, 1.54) is 12.1 Å². The van der Waals surface area contributed by atoms with Crippen molar-refractivity contribution < 1.29 is 4.92 Å². The number of aliphatic imine (C=N–C) groups is 1. The number of nitrogens with one attached hydrogen (secondary N) is 2. The fourth-order valence-electron chi connectivity index (χ4n) is 2.70. The number of nitro benzene ring substituents is 1. The molecule has 0 spiro atoms. The van der Waals surface area contributed by atoms with Gasteiger partial charge in [0.2, 0.25) is 5.96 Å². The summed E-state index contributed by atoms with van der Waals surface area (Å²) in [6.45, 7) is 0. The van der Waals surface area contributed by atoms with Crippen molar-refractivity contribution in [3.8, 4) is 12.3 Å². The van der Waals surface area contributed by atoms with Gasteiger partial charge in [-0.1, -0.05) is 12.1 Å². The molecule has 3 rings (SSSR count). The van der Waals surface area contributed by atoms with Gasteiger partial charge in [-0.25, -0.2) is 9.98 Å². The van der Waals surface area contributed by atoms with Crippen molar-refractivity contribution in [1.82, 2.24) is 10.3 Å². The van der Waals surface area contributed by atoms with Gasteiger partial charge in [-0.3, -0.25) is 15.4 Å². The van der Waals surface area contributed by atoms with Crippen molar-refractivity contribution in [3.05, 3.63) is 48.6 Å².